The fraction of sp³-hybridized carbons (Fsp3) is 0.417. The molecule has 0 aromatic carbocycles. The van der Waals surface area contributed by atoms with E-state index in [4.69, 9.17) is 4.74 Å². The molecule has 2 N–H and O–H groups in total. The van der Waals surface area contributed by atoms with Crippen LogP contribution in [0.15, 0.2) is 23.6 Å². The second-order valence-electron chi connectivity index (χ2n) is 3.54. The van der Waals surface area contributed by atoms with E-state index in [9.17, 15) is 9.90 Å². The maximum Gasteiger partial charge on any atom is 0.244 e. The van der Waals surface area contributed by atoms with E-state index in [1.165, 1.54) is 13.2 Å². The number of nitrogens with one attached hydrogen (secondary N) is 1. The number of carbonyl (C=O) groups is 1. The number of hydrogen-bond acceptors (Lipinski definition) is 4. The summed E-state index contributed by atoms with van der Waals surface area (Å²) in [4.78, 5) is 12.4. The minimum Gasteiger partial charge on any atom is -0.391 e. The fourth-order valence-electron chi connectivity index (χ4n) is 1.24. The lowest BCUT2D eigenvalue weighted by Gasteiger charge is -2.08. The van der Waals surface area contributed by atoms with E-state index >= 15 is 0 Å². The highest BCUT2D eigenvalue weighted by Crippen LogP contribution is 2.09. The number of aliphatic hydroxyl groups is 1. The first-order valence-corrected chi connectivity index (χ1v) is 6.26. The molecule has 1 unspecified atom stereocenters. The van der Waals surface area contributed by atoms with Crippen molar-refractivity contribution >= 4 is 23.3 Å². The Bertz CT molecular complexity index is 349. The third-order valence-corrected chi connectivity index (χ3v) is 2.92. The lowest BCUT2D eigenvalue weighted by molar-refractivity contribution is -0.116. The average Bonchev–Trinajstić information content (AvgIpc) is 2.79. The van der Waals surface area contributed by atoms with Crippen LogP contribution in [-0.2, 0) is 9.53 Å². The van der Waals surface area contributed by atoms with Gasteiger partial charge in [-0.3, -0.25) is 4.79 Å². The van der Waals surface area contributed by atoms with Crippen molar-refractivity contribution in [3.05, 3.63) is 28.5 Å². The fourth-order valence-corrected chi connectivity index (χ4v) is 1.86. The number of rotatable bonds is 7. The maximum atomic E-state index is 11.4. The summed E-state index contributed by atoms with van der Waals surface area (Å²) in [5.74, 6) is -0.150. The van der Waals surface area contributed by atoms with Gasteiger partial charge in [-0.25, -0.2) is 0 Å². The van der Waals surface area contributed by atoms with Crippen LogP contribution < -0.4 is 5.32 Å². The zero-order valence-corrected chi connectivity index (χ0v) is 10.6. The third-order valence-electron chi connectivity index (χ3n) is 2.08. The van der Waals surface area contributed by atoms with Crippen molar-refractivity contribution in [2.45, 2.75) is 12.5 Å². The number of aliphatic hydroxyl groups excluding tert-OH is 1. The Morgan fingerprint density at radius 2 is 2.53 bits per heavy atom. The summed E-state index contributed by atoms with van der Waals surface area (Å²) >= 11 is 1.58. The second-order valence-corrected chi connectivity index (χ2v) is 4.52. The van der Waals surface area contributed by atoms with Gasteiger partial charge in [-0.05, 0) is 23.9 Å². The Morgan fingerprint density at radius 1 is 1.71 bits per heavy atom. The highest BCUT2D eigenvalue weighted by atomic mass is 32.1. The van der Waals surface area contributed by atoms with Crippen LogP contribution in [0.5, 0.6) is 0 Å². The summed E-state index contributed by atoms with van der Waals surface area (Å²) in [6.45, 7) is 0.735. The van der Waals surface area contributed by atoms with Gasteiger partial charge < -0.3 is 15.2 Å². The van der Waals surface area contributed by atoms with Gasteiger partial charge >= 0.3 is 0 Å². The van der Waals surface area contributed by atoms with Crippen LogP contribution >= 0.6 is 11.3 Å². The summed E-state index contributed by atoms with van der Waals surface area (Å²) < 4.78 is 4.78. The van der Waals surface area contributed by atoms with Crippen molar-refractivity contribution in [1.29, 1.82) is 0 Å². The molecule has 1 amide bonds. The van der Waals surface area contributed by atoms with Gasteiger partial charge in [0.2, 0.25) is 5.91 Å². The Kier molecular flexibility index (Phi) is 6.54. The summed E-state index contributed by atoms with van der Waals surface area (Å²) in [5.41, 5.74) is 0. The minimum absolute atomic E-state index is 0.150. The van der Waals surface area contributed by atoms with Crippen LogP contribution in [0.1, 0.15) is 11.3 Å². The molecule has 0 aliphatic rings. The molecule has 1 heterocycles. The number of ether oxygens (including phenoxy) is 1. The minimum atomic E-state index is -0.526. The summed E-state index contributed by atoms with van der Waals surface area (Å²) in [6, 6.07) is 3.88. The van der Waals surface area contributed by atoms with Crippen molar-refractivity contribution in [2.24, 2.45) is 0 Å². The summed E-state index contributed by atoms with van der Waals surface area (Å²) in [7, 11) is 1.53. The Hall–Kier alpha value is -1.17. The van der Waals surface area contributed by atoms with Crippen LogP contribution in [0.3, 0.4) is 0 Å². The van der Waals surface area contributed by atoms with Gasteiger partial charge in [-0.1, -0.05) is 6.07 Å². The second kappa shape index (κ2) is 8.00. The van der Waals surface area contributed by atoms with E-state index in [0.29, 0.717) is 19.6 Å². The molecule has 0 aliphatic heterocycles. The molecule has 0 saturated heterocycles. The summed E-state index contributed by atoms with van der Waals surface area (Å²) in [6.07, 6.45) is 3.23. The molecular weight excluding hydrogens is 238 g/mol. The number of carbonyl (C=O) groups excluding carboxylic acids is 1. The van der Waals surface area contributed by atoms with Crippen LogP contribution in [0.2, 0.25) is 0 Å². The van der Waals surface area contributed by atoms with E-state index in [-0.39, 0.29) is 5.91 Å². The highest BCUT2D eigenvalue weighted by molar-refractivity contribution is 7.10. The Balaban J connectivity index is 2.17. The molecule has 94 valence electrons. The van der Waals surface area contributed by atoms with Crippen molar-refractivity contribution in [1.82, 2.24) is 5.32 Å². The zero-order valence-electron chi connectivity index (χ0n) is 9.76. The molecular formula is C12H17NO3S. The monoisotopic (exact) mass is 255 g/mol. The first kappa shape index (κ1) is 13.9. The van der Waals surface area contributed by atoms with Gasteiger partial charge in [0, 0.05) is 24.6 Å². The maximum absolute atomic E-state index is 11.4. The van der Waals surface area contributed by atoms with E-state index in [1.807, 2.05) is 17.5 Å². The Labute approximate surface area is 105 Å². The van der Waals surface area contributed by atoms with Gasteiger partial charge in [-0.15, -0.1) is 11.3 Å². The lowest BCUT2D eigenvalue weighted by atomic mass is 10.2. The van der Waals surface area contributed by atoms with Crippen molar-refractivity contribution in [3.63, 3.8) is 0 Å². The predicted molar refractivity (Wildman–Crippen MR) is 68.9 cm³/mol. The molecule has 0 bridgehead atoms. The van der Waals surface area contributed by atoms with E-state index in [1.54, 1.807) is 17.4 Å². The molecule has 1 atom stereocenters. The number of hydrogen-bond donors (Lipinski definition) is 2. The highest BCUT2D eigenvalue weighted by Gasteiger charge is 2.03. The van der Waals surface area contributed by atoms with Gasteiger partial charge in [0.15, 0.2) is 0 Å². The van der Waals surface area contributed by atoms with E-state index in [0.717, 1.165) is 4.88 Å². The van der Waals surface area contributed by atoms with E-state index in [2.05, 4.69) is 5.32 Å². The first-order valence-electron chi connectivity index (χ1n) is 5.39. The van der Waals surface area contributed by atoms with Crippen molar-refractivity contribution < 1.29 is 14.6 Å². The standard InChI is InChI=1S/C12H17NO3S/c1-16-9-10(14)6-7-13-12(15)5-4-11-3-2-8-17-11/h2-5,8,10,14H,6-7,9H2,1H3,(H,13,15)/b5-4+. The van der Waals surface area contributed by atoms with Crippen molar-refractivity contribution in [2.75, 3.05) is 20.3 Å². The molecule has 5 heteroatoms. The zero-order chi connectivity index (χ0) is 12.5. The van der Waals surface area contributed by atoms with Gasteiger partial charge in [0.25, 0.3) is 0 Å². The molecule has 1 aromatic heterocycles. The largest absolute Gasteiger partial charge is 0.391 e. The number of methoxy groups -OCH3 is 1. The lowest BCUT2D eigenvalue weighted by Crippen LogP contribution is -2.27. The molecule has 0 aliphatic carbocycles. The SMILES string of the molecule is COCC(O)CCNC(=O)/C=C/c1cccs1. The molecule has 0 saturated carbocycles. The third kappa shape index (κ3) is 6.21. The summed E-state index contributed by atoms with van der Waals surface area (Å²) in [5, 5.41) is 14.0. The first-order chi connectivity index (χ1) is 8.22. The van der Waals surface area contributed by atoms with E-state index < -0.39 is 6.10 Å². The molecule has 1 aromatic rings. The van der Waals surface area contributed by atoms with Crippen LogP contribution in [0.4, 0.5) is 0 Å². The normalized spacial score (nSPS) is 12.8. The van der Waals surface area contributed by atoms with Gasteiger partial charge in [-0.2, -0.15) is 0 Å². The molecule has 17 heavy (non-hydrogen) atoms. The van der Waals surface area contributed by atoms with Gasteiger partial charge in [0.05, 0.1) is 12.7 Å². The molecule has 0 radical (unpaired) electrons. The molecule has 0 spiro atoms. The van der Waals surface area contributed by atoms with Crippen molar-refractivity contribution in [3.8, 4) is 0 Å². The topological polar surface area (TPSA) is 58.6 Å². The number of thiophene rings is 1. The predicted octanol–water partition coefficient (Wildman–Crippen LogP) is 1.27. The Morgan fingerprint density at radius 3 is 3.18 bits per heavy atom. The average molecular weight is 255 g/mol. The van der Waals surface area contributed by atoms with Crippen LogP contribution in [0, 0.1) is 0 Å². The number of amides is 1. The molecule has 1 rings (SSSR count). The van der Waals surface area contributed by atoms with Crippen LogP contribution in [-0.4, -0.2) is 37.4 Å². The quantitative estimate of drug-likeness (QED) is 0.721. The van der Waals surface area contributed by atoms with Crippen LogP contribution in [0.25, 0.3) is 6.08 Å². The molecule has 4 nitrogen and oxygen atoms in total. The smallest absolute Gasteiger partial charge is 0.244 e. The van der Waals surface area contributed by atoms with Gasteiger partial charge in [0.1, 0.15) is 0 Å². The molecule has 0 fully saturated rings.